The van der Waals surface area contributed by atoms with E-state index in [1.54, 1.807) is 0 Å². The van der Waals surface area contributed by atoms with Crippen LogP contribution in [0.1, 0.15) is 18.2 Å². The van der Waals surface area contributed by atoms with Crippen molar-refractivity contribution in [2.45, 2.75) is 12.6 Å². The van der Waals surface area contributed by atoms with Crippen LogP contribution in [-0.2, 0) is 0 Å². The van der Waals surface area contributed by atoms with E-state index >= 15 is 0 Å². The summed E-state index contributed by atoms with van der Waals surface area (Å²) in [4.78, 5) is 15.2. The summed E-state index contributed by atoms with van der Waals surface area (Å²) >= 11 is 6.09. The largest absolute Gasteiger partial charge is 0.340 e. The number of urea groups is 1. The van der Waals surface area contributed by atoms with E-state index < -0.39 is 0 Å². The number of amides is 2. The molecule has 3 aromatic rings. The van der Waals surface area contributed by atoms with Gasteiger partial charge in [-0.1, -0.05) is 60.1 Å². The van der Waals surface area contributed by atoms with Crippen LogP contribution in [-0.4, -0.2) is 29.1 Å². The molecule has 2 aliphatic rings. The standard InChI is InChI=1S/C21H18ClN3O/c22-17-11-9-16(10-12-17)20-23-13-4-14-24(23)21(26)25(20)19-8-3-6-15-5-1-2-7-18(15)19/h1-3,5-12,20H,4,13-14H2/t20-/m1/s1. The first-order chi connectivity index (χ1) is 12.7. The van der Waals surface area contributed by atoms with Gasteiger partial charge in [-0.2, -0.15) is 5.01 Å². The fraction of sp³-hybridized carbons (Fsp3) is 0.190. The Morgan fingerprint density at radius 1 is 0.885 bits per heavy atom. The predicted octanol–water partition coefficient (Wildman–Crippen LogP) is 5.05. The van der Waals surface area contributed by atoms with Crippen LogP contribution in [0.25, 0.3) is 10.8 Å². The van der Waals surface area contributed by atoms with Gasteiger partial charge in [-0.15, -0.1) is 0 Å². The Hall–Kier alpha value is -2.56. The highest BCUT2D eigenvalue weighted by Crippen LogP contribution is 2.42. The highest BCUT2D eigenvalue weighted by Gasteiger charge is 2.48. The summed E-state index contributed by atoms with van der Waals surface area (Å²) in [6.07, 6.45) is 0.854. The molecule has 0 bridgehead atoms. The van der Waals surface area contributed by atoms with Gasteiger partial charge in [-0.3, -0.25) is 9.91 Å². The average Bonchev–Trinajstić information content (AvgIpc) is 3.24. The third-order valence-corrected chi connectivity index (χ3v) is 5.47. The van der Waals surface area contributed by atoms with E-state index in [0.29, 0.717) is 5.02 Å². The van der Waals surface area contributed by atoms with Crippen LogP contribution in [0.4, 0.5) is 10.5 Å². The number of hydrogen-bond acceptors (Lipinski definition) is 2. The maximum atomic E-state index is 13.3. The van der Waals surface area contributed by atoms with Gasteiger partial charge in [0.25, 0.3) is 0 Å². The molecule has 0 radical (unpaired) electrons. The van der Waals surface area contributed by atoms with Crippen molar-refractivity contribution in [3.8, 4) is 0 Å². The third-order valence-electron chi connectivity index (χ3n) is 5.22. The van der Waals surface area contributed by atoms with Crippen LogP contribution in [0.15, 0.2) is 66.7 Å². The molecule has 0 N–H and O–H groups in total. The minimum Gasteiger partial charge on any atom is -0.270 e. The van der Waals surface area contributed by atoms with Gasteiger partial charge >= 0.3 is 6.03 Å². The molecule has 26 heavy (non-hydrogen) atoms. The molecule has 5 heteroatoms. The highest BCUT2D eigenvalue weighted by atomic mass is 35.5. The molecule has 2 fully saturated rings. The zero-order valence-corrected chi connectivity index (χ0v) is 14.9. The Morgan fingerprint density at radius 2 is 1.65 bits per heavy atom. The monoisotopic (exact) mass is 363 g/mol. The van der Waals surface area contributed by atoms with Gasteiger partial charge in [0.2, 0.25) is 0 Å². The summed E-state index contributed by atoms with van der Waals surface area (Å²) in [5.74, 6) is 0. The zero-order chi connectivity index (χ0) is 17.7. The molecule has 2 aliphatic heterocycles. The first kappa shape index (κ1) is 15.7. The minimum atomic E-state index is -0.145. The number of carbonyl (C=O) groups excluding carboxylic acids is 1. The molecule has 2 saturated heterocycles. The predicted molar refractivity (Wildman–Crippen MR) is 104 cm³/mol. The lowest BCUT2D eigenvalue weighted by Gasteiger charge is -2.28. The van der Waals surface area contributed by atoms with Crippen molar-refractivity contribution in [1.82, 2.24) is 10.0 Å². The van der Waals surface area contributed by atoms with E-state index in [1.807, 2.05) is 58.4 Å². The Balaban J connectivity index is 1.69. The summed E-state index contributed by atoms with van der Waals surface area (Å²) in [7, 11) is 0. The van der Waals surface area contributed by atoms with E-state index in [-0.39, 0.29) is 12.2 Å². The van der Waals surface area contributed by atoms with Crippen molar-refractivity contribution in [1.29, 1.82) is 0 Å². The van der Waals surface area contributed by atoms with E-state index in [2.05, 4.69) is 23.2 Å². The molecule has 1 atom stereocenters. The fourth-order valence-corrected chi connectivity index (χ4v) is 4.19. The van der Waals surface area contributed by atoms with Crippen molar-refractivity contribution < 1.29 is 4.79 Å². The number of nitrogens with zero attached hydrogens (tertiary/aromatic N) is 3. The number of anilines is 1. The van der Waals surface area contributed by atoms with Gasteiger partial charge in [-0.25, -0.2) is 4.79 Å². The van der Waals surface area contributed by atoms with Crippen LogP contribution in [0.2, 0.25) is 5.02 Å². The number of carbonyl (C=O) groups is 1. The second-order valence-corrected chi connectivity index (χ2v) is 7.15. The summed E-state index contributed by atoms with van der Waals surface area (Å²) in [6, 6.07) is 22.2. The number of halogens is 1. The highest BCUT2D eigenvalue weighted by molar-refractivity contribution is 6.30. The quantitative estimate of drug-likeness (QED) is 0.636. The summed E-state index contributed by atoms with van der Waals surface area (Å²) < 4.78 is 0. The molecule has 130 valence electrons. The molecule has 3 aromatic carbocycles. The molecule has 2 heterocycles. The van der Waals surface area contributed by atoms with E-state index in [9.17, 15) is 4.79 Å². The summed E-state index contributed by atoms with van der Waals surface area (Å²) in [5, 5.41) is 6.97. The lowest BCUT2D eigenvalue weighted by molar-refractivity contribution is 0.0728. The van der Waals surface area contributed by atoms with Gasteiger partial charge in [0.1, 0.15) is 6.17 Å². The normalized spacial score (nSPS) is 20.2. The molecule has 0 saturated carbocycles. The van der Waals surface area contributed by atoms with Crippen LogP contribution in [0, 0.1) is 0 Å². The topological polar surface area (TPSA) is 26.8 Å². The second kappa shape index (κ2) is 6.01. The first-order valence-corrected chi connectivity index (χ1v) is 9.22. The maximum Gasteiger partial charge on any atom is 0.340 e. The van der Waals surface area contributed by atoms with E-state index in [1.165, 1.54) is 0 Å². The van der Waals surface area contributed by atoms with Crippen LogP contribution >= 0.6 is 11.6 Å². The van der Waals surface area contributed by atoms with Crippen molar-refractivity contribution in [2.75, 3.05) is 18.0 Å². The number of fused-ring (bicyclic) bond motifs is 2. The Kier molecular flexibility index (Phi) is 3.62. The number of benzene rings is 3. The number of hydrazine groups is 1. The molecule has 0 unspecified atom stereocenters. The molecule has 5 rings (SSSR count). The zero-order valence-electron chi connectivity index (χ0n) is 14.2. The van der Waals surface area contributed by atoms with Crippen molar-refractivity contribution in [3.63, 3.8) is 0 Å². The minimum absolute atomic E-state index is 0.0406. The van der Waals surface area contributed by atoms with Crippen LogP contribution in [0.3, 0.4) is 0 Å². The van der Waals surface area contributed by atoms with Gasteiger partial charge < -0.3 is 0 Å². The summed E-state index contributed by atoms with van der Waals surface area (Å²) in [5.41, 5.74) is 2.02. The van der Waals surface area contributed by atoms with Crippen molar-refractivity contribution in [3.05, 3.63) is 77.3 Å². The molecular weight excluding hydrogens is 346 g/mol. The molecule has 0 aliphatic carbocycles. The van der Waals surface area contributed by atoms with E-state index in [4.69, 9.17) is 11.6 Å². The Labute approximate surface area is 157 Å². The lowest BCUT2D eigenvalue weighted by atomic mass is 10.1. The van der Waals surface area contributed by atoms with Gasteiger partial charge in [0.15, 0.2) is 0 Å². The number of hydrogen-bond donors (Lipinski definition) is 0. The molecule has 0 aromatic heterocycles. The molecule has 2 amide bonds. The Bertz CT molecular complexity index is 983. The van der Waals surface area contributed by atoms with E-state index in [0.717, 1.165) is 41.5 Å². The van der Waals surface area contributed by atoms with Crippen LogP contribution < -0.4 is 4.90 Å². The van der Waals surface area contributed by atoms with Gasteiger partial charge in [-0.05, 0) is 35.6 Å². The second-order valence-electron chi connectivity index (χ2n) is 6.72. The van der Waals surface area contributed by atoms with Gasteiger partial charge in [0, 0.05) is 23.5 Å². The SMILES string of the molecule is O=C1N(c2cccc3ccccc23)[C@H](c2ccc(Cl)cc2)N2CCCN12. The van der Waals surface area contributed by atoms with Crippen molar-refractivity contribution >= 4 is 34.1 Å². The average molecular weight is 364 g/mol. The lowest BCUT2D eigenvalue weighted by Crippen LogP contribution is -2.32. The van der Waals surface area contributed by atoms with Crippen LogP contribution in [0.5, 0.6) is 0 Å². The third kappa shape index (κ3) is 2.30. The molecular formula is C21H18ClN3O. The number of rotatable bonds is 2. The Morgan fingerprint density at radius 3 is 2.50 bits per heavy atom. The molecule has 4 nitrogen and oxygen atoms in total. The first-order valence-electron chi connectivity index (χ1n) is 8.84. The fourth-order valence-electron chi connectivity index (χ4n) is 4.06. The van der Waals surface area contributed by atoms with Gasteiger partial charge in [0.05, 0.1) is 5.69 Å². The smallest absolute Gasteiger partial charge is 0.270 e. The van der Waals surface area contributed by atoms with Crippen molar-refractivity contribution in [2.24, 2.45) is 0 Å². The summed E-state index contributed by atoms with van der Waals surface area (Å²) in [6.45, 7) is 1.64. The maximum absolute atomic E-state index is 13.3. The molecule has 0 spiro atoms.